The number of nitrogens with zero attached hydrogens (tertiary/aromatic N) is 3. The number of halogens is 3. The summed E-state index contributed by atoms with van der Waals surface area (Å²) in [6, 6.07) is 5.48. The predicted octanol–water partition coefficient (Wildman–Crippen LogP) is 2.81. The molecule has 0 saturated carbocycles. The monoisotopic (exact) mass is 440 g/mol. The van der Waals surface area contributed by atoms with Gasteiger partial charge in [0, 0.05) is 46.1 Å². The third-order valence-corrected chi connectivity index (χ3v) is 6.39. The first kappa shape index (κ1) is 21.8. The maximum absolute atomic E-state index is 13.7. The largest absolute Gasteiger partial charge is 0.331 e. The van der Waals surface area contributed by atoms with E-state index >= 15 is 0 Å². The van der Waals surface area contributed by atoms with E-state index in [0.29, 0.717) is 29.0 Å². The zero-order valence-electron chi connectivity index (χ0n) is 16.4. The zero-order valence-corrected chi connectivity index (χ0v) is 17.2. The van der Waals surface area contributed by atoms with E-state index in [-0.39, 0.29) is 17.7 Å². The van der Waals surface area contributed by atoms with Crippen molar-refractivity contribution in [3.05, 3.63) is 53.6 Å². The zero-order chi connectivity index (χ0) is 22.2. The highest BCUT2D eigenvalue weighted by atomic mass is 32.2. The molecule has 1 heterocycles. The predicted molar refractivity (Wildman–Crippen MR) is 105 cm³/mol. The second kappa shape index (κ2) is 8.07. The lowest BCUT2D eigenvalue weighted by Crippen LogP contribution is -2.22. The molecule has 0 atom stereocenters. The number of aryl methyl sites for hydroxylation is 2. The number of anilines is 1. The molecule has 0 aliphatic heterocycles. The van der Waals surface area contributed by atoms with E-state index in [2.05, 4.69) is 10.3 Å². The second-order valence-electron chi connectivity index (χ2n) is 6.82. The number of rotatable bonds is 6. The third kappa shape index (κ3) is 4.17. The van der Waals surface area contributed by atoms with E-state index < -0.39 is 39.1 Å². The van der Waals surface area contributed by atoms with Gasteiger partial charge in [-0.25, -0.2) is 30.9 Å². The van der Waals surface area contributed by atoms with Crippen LogP contribution in [0.2, 0.25) is 0 Å². The maximum atomic E-state index is 13.7. The number of hydrogen-bond acceptors (Lipinski definition) is 4. The van der Waals surface area contributed by atoms with Crippen LogP contribution < -0.4 is 5.32 Å². The summed E-state index contributed by atoms with van der Waals surface area (Å²) < 4.78 is 67.3. The Morgan fingerprint density at radius 2 is 1.77 bits per heavy atom. The number of sulfonamides is 1. The summed E-state index contributed by atoms with van der Waals surface area (Å²) in [5, 5.41) is 2.20. The van der Waals surface area contributed by atoms with Gasteiger partial charge in [0.2, 0.25) is 15.9 Å². The first-order chi connectivity index (χ1) is 14.0. The third-order valence-electron chi connectivity index (χ3n) is 4.58. The lowest BCUT2D eigenvalue weighted by Gasteiger charge is -2.10. The molecule has 160 valence electrons. The van der Waals surface area contributed by atoms with Crippen molar-refractivity contribution in [2.24, 2.45) is 7.05 Å². The summed E-state index contributed by atoms with van der Waals surface area (Å²) in [4.78, 5) is 16.6. The molecular formula is C19H19F3N4O3S. The molecule has 0 fully saturated rings. The fourth-order valence-corrected chi connectivity index (χ4v) is 3.80. The SMILES string of the molecule is CN(C)S(=O)(=O)c1ccc2c(c1)nc(CCC(=O)Nc1cc(F)c(F)cc1F)n2C. The molecule has 30 heavy (non-hydrogen) atoms. The Kier molecular flexibility index (Phi) is 5.86. The quantitative estimate of drug-likeness (QED) is 0.598. The van der Waals surface area contributed by atoms with Crippen LogP contribution in [0.15, 0.2) is 35.2 Å². The van der Waals surface area contributed by atoms with E-state index in [1.165, 1.54) is 26.2 Å². The maximum Gasteiger partial charge on any atom is 0.242 e. The highest BCUT2D eigenvalue weighted by Gasteiger charge is 2.19. The smallest absolute Gasteiger partial charge is 0.242 e. The number of carbonyl (C=O) groups is 1. The van der Waals surface area contributed by atoms with Crippen LogP contribution in [0.3, 0.4) is 0 Å². The Bertz CT molecular complexity index is 1240. The van der Waals surface area contributed by atoms with Gasteiger partial charge in [0.15, 0.2) is 11.6 Å². The van der Waals surface area contributed by atoms with Crippen LogP contribution >= 0.6 is 0 Å². The van der Waals surface area contributed by atoms with Gasteiger partial charge in [-0.2, -0.15) is 0 Å². The Balaban J connectivity index is 1.77. The van der Waals surface area contributed by atoms with Gasteiger partial charge in [-0.3, -0.25) is 4.79 Å². The molecule has 0 aliphatic carbocycles. The minimum absolute atomic E-state index is 0.0937. The highest BCUT2D eigenvalue weighted by Crippen LogP contribution is 2.22. The van der Waals surface area contributed by atoms with Gasteiger partial charge in [-0.05, 0) is 18.2 Å². The molecule has 0 spiro atoms. The van der Waals surface area contributed by atoms with Gasteiger partial charge in [-0.15, -0.1) is 0 Å². The van der Waals surface area contributed by atoms with Gasteiger partial charge >= 0.3 is 0 Å². The average Bonchev–Trinajstić information content (AvgIpc) is 2.99. The average molecular weight is 440 g/mol. The summed E-state index contributed by atoms with van der Waals surface area (Å²) in [5.74, 6) is -3.81. The molecule has 2 aromatic carbocycles. The Labute approximate surface area is 171 Å². The fourth-order valence-electron chi connectivity index (χ4n) is 2.88. The molecular weight excluding hydrogens is 421 g/mol. The van der Waals surface area contributed by atoms with Crippen molar-refractivity contribution in [1.29, 1.82) is 0 Å². The molecule has 0 saturated heterocycles. The van der Waals surface area contributed by atoms with E-state index in [4.69, 9.17) is 0 Å². The van der Waals surface area contributed by atoms with Gasteiger partial charge in [-0.1, -0.05) is 0 Å². The fraction of sp³-hybridized carbons (Fsp3) is 0.263. The Morgan fingerprint density at radius 3 is 2.43 bits per heavy atom. The van der Waals surface area contributed by atoms with Crippen LogP contribution in [0.1, 0.15) is 12.2 Å². The first-order valence-electron chi connectivity index (χ1n) is 8.83. The molecule has 0 bridgehead atoms. The molecule has 1 amide bonds. The number of fused-ring (bicyclic) bond motifs is 1. The minimum Gasteiger partial charge on any atom is -0.331 e. The number of benzene rings is 2. The normalized spacial score (nSPS) is 12.0. The van der Waals surface area contributed by atoms with Gasteiger partial charge in [0.25, 0.3) is 0 Å². The van der Waals surface area contributed by atoms with Crippen molar-refractivity contribution < 1.29 is 26.4 Å². The summed E-state index contributed by atoms with van der Waals surface area (Å²) in [6.07, 6.45) is 0.0660. The summed E-state index contributed by atoms with van der Waals surface area (Å²) in [6.45, 7) is 0. The van der Waals surface area contributed by atoms with Crippen molar-refractivity contribution in [2.45, 2.75) is 17.7 Å². The first-order valence-corrected chi connectivity index (χ1v) is 10.3. The number of nitrogens with one attached hydrogen (secondary N) is 1. The Morgan fingerprint density at radius 1 is 1.10 bits per heavy atom. The van der Waals surface area contributed by atoms with Crippen molar-refractivity contribution >= 4 is 32.7 Å². The minimum atomic E-state index is -3.62. The van der Waals surface area contributed by atoms with Crippen LogP contribution in [0.25, 0.3) is 11.0 Å². The van der Waals surface area contributed by atoms with Gasteiger partial charge in [0.05, 0.1) is 21.6 Å². The molecule has 3 rings (SSSR count). The van der Waals surface area contributed by atoms with Gasteiger partial charge in [0.1, 0.15) is 11.6 Å². The lowest BCUT2D eigenvalue weighted by molar-refractivity contribution is -0.116. The number of aromatic nitrogens is 2. The second-order valence-corrected chi connectivity index (χ2v) is 8.97. The number of hydrogen-bond donors (Lipinski definition) is 1. The van der Waals surface area contributed by atoms with E-state index in [9.17, 15) is 26.4 Å². The van der Waals surface area contributed by atoms with Crippen LogP contribution in [0.5, 0.6) is 0 Å². The molecule has 3 aromatic rings. The summed E-state index contributed by atoms with van der Waals surface area (Å²) in [7, 11) is 0.961. The standard InChI is InChI=1S/C19H19F3N4O3S/c1-25(2)30(28,29)11-4-5-17-16(8-11)23-18(26(17)3)6-7-19(27)24-15-10-13(21)12(20)9-14(15)22/h4-5,8-10H,6-7H2,1-3H3,(H,24,27). The van der Waals surface area contributed by atoms with Crippen molar-refractivity contribution in [3.63, 3.8) is 0 Å². The molecule has 1 N–H and O–H groups in total. The number of carbonyl (C=O) groups excluding carboxylic acids is 1. The molecule has 0 aliphatic rings. The number of amides is 1. The van der Waals surface area contributed by atoms with E-state index in [1.807, 2.05) is 0 Å². The highest BCUT2D eigenvalue weighted by molar-refractivity contribution is 7.89. The van der Waals surface area contributed by atoms with Crippen molar-refractivity contribution in [1.82, 2.24) is 13.9 Å². The van der Waals surface area contributed by atoms with Crippen LogP contribution in [0, 0.1) is 17.5 Å². The van der Waals surface area contributed by atoms with Crippen LogP contribution in [-0.4, -0.2) is 42.3 Å². The van der Waals surface area contributed by atoms with Crippen molar-refractivity contribution in [3.8, 4) is 0 Å². The van der Waals surface area contributed by atoms with E-state index in [0.717, 1.165) is 4.31 Å². The topological polar surface area (TPSA) is 84.3 Å². The van der Waals surface area contributed by atoms with Crippen molar-refractivity contribution in [2.75, 3.05) is 19.4 Å². The molecule has 0 radical (unpaired) electrons. The summed E-state index contributed by atoms with van der Waals surface area (Å²) in [5.41, 5.74) is 0.666. The molecule has 1 aromatic heterocycles. The van der Waals surface area contributed by atoms with Crippen LogP contribution in [-0.2, 0) is 28.3 Å². The molecule has 11 heteroatoms. The summed E-state index contributed by atoms with van der Waals surface area (Å²) >= 11 is 0. The Hall–Kier alpha value is -2.92. The lowest BCUT2D eigenvalue weighted by atomic mass is 10.2. The molecule has 7 nitrogen and oxygen atoms in total. The number of imidazole rings is 1. The van der Waals surface area contributed by atoms with E-state index in [1.54, 1.807) is 17.7 Å². The van der Waals surface area contributed by atoms with Gasteiger partial charge < -0.3 is 9.88 Å². The van der Waals surface area contributed by atoms with Crippen LogP contribution in [0.4, 0.5) is 18.9 Å². The molecule has 0 unspecified atom stereocenters.